The standard InChI is InChI=1S/C25H24FN5O4/c26-19-8-4-7-18(15-19)23(32)30-22-21(27-11-12-28-22)24(33)29-20-9-13-31(14-10-20)25(34)35-16-17-5-2-1-3-6-17/h1-8,11-12,15,20H,9-10,13-14,16H2,(H,29,33)(H,28,30,32). The van der Waals surface area contributed by atoms with Gasteiger partial charge in [0.15, 0.2) is 11.5 Å². The minimum absolute atomic E-state index is 0.0267. The van der Waals surface area contributed by atoms with Crippen LogP contribution in [0.1, 0.15) is 39.3 Å². The van der Waals surface area contributed by atoms with Gasteiger partial charge in [-0.25, -0.2) is 19.2 Å². The summed E-state index contributed by atoms with van der Waals surface area (Å²) in [5.41, 5.74) is 0.947. The SMILES string of the molecule is O=C(Nc1nccnc1C(=O)NC1CCN(C(=O)OCc2ccccc2)CC1)c1cccc(F)c1. The largest absolute Gasteiger partial charge is 0.445 e. The van der Waals surface area contributed by atoms with E-state index in [0.717, 1.165) is 11.6 Å². The van der Waals surface area contributed by atoms with Gasteiger partial charge in [0.25, 0.3) is 11.8 Å². The Labute approximate surface area is 201 Å². The molecule has 1 aliphatic heterocycles. The summed E-state index contributed by atoms with van der Waals surface area (Å²) < 4.78 is 18.8. The van der Waals surface area contributed by atoms with Crippen molar-refractivity contribution in [3.63, 3.8) is 0 Å². The fraction of sp³-hybridized carbons (Fsp3) is 0.240. The van der Waals surface area contributed by atoms with Crippen molar-refractivity contribution in [2.24, 2.45) is 0 Å². The molecule has 0 spiro atoms. The molecule has 4 rings (SSSR count). The van der Waals surface area contributed by atoms with E-state index >= 15 is 0 Å². The summed E-state index contributed by atoms with van der Waals surface area (Å²) in [5, 5.41) is 5.40. The Balaban J connectivity index is 1.30. The maximum absolute atomic E-state index is 13.4. The lowest BCUT2D eigenvalue weighted by molar-refractivity contribution is 0.0807. The van der Waals surface area contributed by atoms with Gasteiger partial charge < -0.3 is 20.3 Å². The van der Waals surface area contributed by atoms with Gasteiger partial charge in [0.1, 0.15) is 12.4 Å². The van der Waals surface area contributed by atoms with E-state index in [1.165, 1.54) is 30.6 Å². The fourth-order valence-electron chi connectivity index (χ4n) is 3.68. The topological polar surface area (TPSA) is 114 Å². The van der Waals surface area contributed by atoms with E-state index in [9.17, 15) is 18.8 Å². The highest BCUT2D eigenvalue weighted by molar-refractivity contribution is 6.07. The maximum atomic E-state index is 13.4. The molecule has 35 heavy (non-hydrogen) atoms. The number of benzene rings is 2. The molecule has 9 nitrogen and oxygen atoms in total. The van der Waals surface area contributed by atoms with Crippen molar-refractivity contribution in [1.29, 1.82) is 0 Å². The minimum Gasteiger partial charge on any atom is -0.445 e. The van der Waals surface area contributed by atoms with Crippen LogP contribution in [0.25, 0.3) is 0 Å². The number of piperidine rings is 1. The van der Waals surface area contributed by atoms with Crippen molar-refractivity contribution in [3.8, 4) is 0 Å². The molecule has 1 aromatic heterocycles. The number of amides is 3. The quantitative estimate of drug-likeness (QED) is 0.563. The molecule has 0 unspecified atom stereocenters. The zero-order valence-corrected chi connectivity index (χ0v) is 18.8. The summed E-state index contributed by atoms with van der Waals surface area (Å²) in [7, 11) is 0. The first-order chi connectivity index (χ1) is 17.0. The molecule has 0 radical (unpaired) electrons. The van der Waals surface area contributed by atoms with Crippen LogP contribution in [0.15, 0.2) is 67.0 Å². The monoisotopic (exact) mass is 477 g/mol. The fourth-order valence-corrected chi connectivity index (χ4v) is 3.68. The first-order valence-corrected chi connectivity index (χ1v) is 11.1. The second-order valence-electron chi connectivity index (χ2n) is 7.99. The third-order valence-corrected chi connectivity index (χ3v) is 5.53. The Morgan fingerprint density at radius 3 is 2.46 bits per heavy atom. The normalized spacial score (nSPS) is 13.7. The van der Waals surface area contributed by atoms with Crippen LogP contribution in [0.3, 0.4) is 0 Å². The number of ether oxygens (including phenoxy) is 1. The van der Waals surface area contributed by atoms with E-state index in [4.69, 9.17) is 4.74 Å². The molecular formula is C25H24FN5O4. The predicted molar refractivity (Wildman–Crippen MR) is 125 cm³/mol. The molecule has 0 saturated carbocycles. The molecule has 1 aliphatic rings. The Morgan fingerprint density at radius 2 is 1.71 bits per heavy atom. The summed E-state index contributed by atoms with van der Waals surface area (Å²) in [4.78, 5) is 47.3. The van der Waals surface area contributed by atoms with Crippen molar-refractivity contribution in [3.05, 3.63) is 89.6 Å². The van der Waals surface area contributed by atoms with Gasteiger partial charge in [-0.1, -0.05) is 36.4 Å². The van der Waals surface area contributed by atoms with Crippen molar-refractivity contribution in [1.82, 2.24) is 20.2 Å². The lowest BCUT2D eigenvalue weighted by atomic mass is 10.1. The highest BCUT2D eigenvalue weighted by Crippen LogP contribution is 2.16. The lowest BCUT2D eigenvalue weighted by Crippen LogP contribution is -2.47. The van der Waals surface area contributed by atoms with E-state index in [2.05, 4.69) is 20.6 Å². The zero-order valence-electron chi connectivity index (χ0n) is 18.8. The number of rotatable bonds is 6. The number of aromatic nitrogens is 2. The van der Waals surface area contributed by atoms with Crippen LogP contribution >= 0.6 is 0 Å². The summed E-state index contributed by atoms with van der Waals surface area (Å²) in [6, 6.07) is 14.4. The van der Waals surface area contributed by atoms with Gasteiger partial charge in [0.2, 0.25) is 0 Å². The molecule has 1 saturated heterocycles. The van der Waals surface area contributed by atoms with Crippen LogP contribution in [0.4, 0.5) is 15.0 Å². The molecule has 0 bridgehead atoms. The molecule has 2 N–H and O–H groups in total. The number of nitrogens with zero attached hydrogens (tertiary/aromatic N) is 3. The maximum Gasteiger partial charge on any atom is 0.410 e. The van der Waals surface area contributed by atoms with Gasteiger partial charge in [0.05, 0.1) is 0 Å². The number of carbonyl (C=O) groups excluding carboxylic acids is 3. The third kappa shape index (κ3) is 6.38. The number of carbonyl (C=O) groups is 3. The molecule has 0 atom stereocenters. The number of hydrogen-bond acceptors (Lipinski definition) is 6. The molecule has 180 valence electrons. The van der Waals surface area contributed by atoms with Crippen molar-refractivity contribution < 1.29 is 23.5 Å². The molecule has 1 fully saturated rings. The number of hydrogen-bond donors (Lipinski definition) is 2. The first kappa shape index (κ1) is 23.8. The lowest BCUT2D eigenvalue weighted by Gasteiger charge is -2.31. The molecule has 3 amide bonds. The smallest absolute Gasteiger partial charge is 0.410 e. The number of likely N-dealkylation sites (tertiary alicyclic amines) is 1. The average Bonchev–Trinajstić information content (AvgIpc) is 2.88. The van der Waals surface area contributed by atoms with Crippen molar-refractivity contribution >= 4 is 23.7 Å². The second-order valence-corrected chi connectivity index (χ2v) is 7.99. The van der Waals surface area contributed by atoms with Crippen LogP contribution in [0.2, 0.25) is 0 Å². The van der Waals surface area contributed by atoms with Gasteiger partial charge in [-0.3, -0.25) is 9.59 Å². The highest BCUT2D eigenvalue weighted by Gasteiger charge is 2.26. The predicted octanol–water partition coefficient (Wildman–Crippen LogP) is 3.40. The molecule has 3 aromatic rings. The second kappa shape index (κ2) is 11.2. The Kier molecular flexibility index (Phi) is 7.61. The van der Waals surface area contributed by atoms with E-state index in [1.54, 1.807) is 4.90 Å². The molecule has 2 heterocycles. The Hall–Kier alpha value is -4.34. The van der Waals surface area contributed by atoms with Crippen LogP contribution in [0.5, 0.6) is 0 Å². The van der Waals surface area contributed by atoms with Gasteiger partial charge in [-0.15, -0.1) is 0 Å². The average molecular weight is 477 g/mol. The third-order valence-electron chi connectivity index (χ3n) is 5.53. The zero-order chi connectivity index (χ0) is 24.6. The molecule has 2 aromatic carbocycles. The van der Waals surface area contributed by atoms with Crippen LogP contribution in [0, 0.1) is 5.82 Å². The van der Waals surface area contributed by atoms with E-state index in [-0.39, 0.29) is 29.7 Å². The molecule has 10 heteroatoms. The van der Waals surface area contributed by atoms with E-state index in [0.29, 0.717) is 25.9 Å². The van der Waals surface area contributed by atoms with Gasteiger partial charge >= 0.3 is 6.09 Å². The van der Waals surface area contributed by atoms with Gasteiger partial charge in [-0.2, -0.15) is 0 Å². The Morgan fingerprint density at radius 1 is 0.971 bits per heavy atom. The number of halogens is 1. The Bertz CT molecular complexity index is 1200. The van der Waals surface area contributed by atoms with Gasteiger partial charge in [-0.05, 0) is 36.6 Å². The van der Waals surface area contributed by atoms with Crippen LogP contribution in [-0.4, -0.2) is 51.9 Å². The molecular weight excluding hydrogens is 453 g/mol. The summed E-state index contributed by atoms with van der Waals surface area (Å²) in [6.07, 6.45) is 3.37. The number of anilines is 1. The minimum atomic E-state index is -0.610. The number of nitrogens with one attached hydrogen (secondary N) is 2. The van der Waals surface area contributed by atoms with E-state index in [1.807, 2.05) is 30.3 Å². The highest BCUT2D eigenvalue weighted by atomic mass is 19.1. The molecule has 0 aliphatic carbocycles. The van der Waals surface area contributed by atoms with Gasteiger partial charge in [0, 0.05) is 37.1 Å². The van der Waals surface area contributed by atoms with Crippen molar-refractivity contribution in [2.45, 2.75) is 25.5 Å². The van der Waals surface area contributed by atoms with E-state index < -0.39 is 23.7 Å². The van der Waals surface area contributed by atoms with Crippen LogP contribution < -0.4 is 10.6 Å². The summed E-state index contributed by atoms with van der Waals surface area (Å²) in [6.45, 7) is 1.07. The van der Waals surface area contributed by atoms with Crippen molar-refractivity contribution in [2.75, 3.05) is 18.4 Å². The van der Waals surface area contributed by atoms with Crippen LogP contribution in [-0.2, 0) is 11.3 Å². The summed E-state index contributed by atoms with van der Waals surface area (Å²) >= 11 is 0. The first-order valence-electron chi connectivity index (χ1n) is 11.1. The summed E-state index contributed by atoms with van der Waals surface area (Å²) in [5.74, 6) is -1.69.